The fourth-order valence-electron chi connectivity index (χ4n) is 2.34. The summed E-state index contributed by atoms with van der Waals surface area (Å²) in [6.07, 6.45) is 2.67. The molecule has 1 rings (SSSR count). The second-order valence-corrected chi connectivity index (χ2v) is 5.45. The van der Waals surface area contributed by atoms with Crippen LogP contribution in [0.5, 0.6) is 0 Å². The smallest absolute Gasteiger partial charge is 0.234 e. The minimum absolute atomic E-state index is 0.0167. The number of nitrogens with zero attached hydrogens (tertiary/aromatic N) is 2. The van der Waals surface area contributed by atoms with Gasteiger partial charge >= 0.3 is 0 Å². The molecule has 0 aliphatic rings. The summed E-state index contributed by atoms with van der Waals surface area (Å²) in [4.78, 5) is 16.7. The third-order valence-electron chi connectivity index (χ3n) is 3.30. The Labute approximate surface area is 123 Å². The first-order valence-electron chi connectivity index (χ1n) is 6.74. The van der Waals surface area contributed by atoms with Gasteiger partial charge in [0.2, 0.25) is 5.91 Å². The van der Waals surface area contributed by atoms with Gasteiger partial charge in [0.25, 0.3) is 0 Å². The topological polar surface area (TPSA) is 101 Å². The third-order valence-corrected chi connectivity index (χ3v) is 3.94. The van der Waals surface area contributed by atoms with Crippen molar-refractivity contribution < 1.29 is 10.0 Å². The molecule has 0 saturated heterocycles. The van der Waals surface area contributed by atoms with Gasteiger partial charge in [0, 0.05) is 5.38 Å². The molecule has 0 unspecified atom stereocenters. The largest absolute Gasteiger partial charge is 0.409 e. The van der Waals surface area contributed by atoms with Crippen molar-refractivity contribution in [1.82, 2.24) is 10.3 Å². The van der Waals surface area contributed by atoms with Gasteiger partial charge in [0.1, 0.15) is 5.41 Å². The van der Waals surface area contributed by atoms with E-state index in [-0.39, 0.29) is 11.7 Å². The van der Waals surface area contributed by atoms with E-state index in [1.807, 2.05) is 19.2 Å². The summed E-state index contributed by atoms with van der Waals surface area (Å²) in [5.41, 5.74) is 7.39. The number of amidine groups is 1. The van der Waals surface area contributed by atoms with Crippen LogP contribution in [-0.4, -0.2) is 21.9 Å². The first-order valence-corrected chi connectivity index (χ1v) is 7.68. The van der Waals surface area contributed by atoms with Crippen LogP contribution in [0.1, 0.15) is 45.2 Å². The van der Waals surface area contributed by atoms with Crippen LogP contribution < -0.4 is 11.1 Å². The molecule has 0 aliphatic carbocycles. The average Bonchev–Trinajstić information content (AvgIpc) is 2.96. The quantitative estimate of drug-likeness (QED) is 0.296. The van der Waals surface area contributed by atoms with Crippen LogP contribution >= 0.6 is 11.3 Å². The second-order valence-electron chi connectivity index (χ2n) is 4.73. The Morgan fingerprint density at radius 3 is 2.60 bits per heavy atom. The summed E-state index contributed by atoms with van der Waals surface area (Å²) in [7, 11) is 0. The van der Waals surface area contributed by atoms with Crippen molar-refractivity contribution in [3.05, 3.63) is 16.6 Å². The molecular formula is C13H22N4O2S. The van der Waals surface area contributed by atoms with Crippen molar-refractivity contribution in [3.8, 4) is 0 Å². The standard InChI is InChI=1S/C13H22N4O2S/c1-3-5-13(6-4-2,11(14)17-19)12(18)15-7-10-8-20-9-16-10/h8-9,19H,3-7H2,1-2H3,(H2,14,17)(H,15,18). The number of aromatic nitrogens is 1. The van der Waals surface area contributed by atoms with Gasteiger partial charge in [-0.05, 0) is 12.8 Å². The van der Waals surface area contributed by atoms with E-state index in [4.69, 9.17) is 10.9 Å². The molecule has 0 atom stereocenters. The van der Waals surface area contributed by atoms with E-state index in [0.717, 1.165) is 18.5 Å². The molecule has 1 amide bonds. The lowest BCUT2D eigenvalue weighted by Crippen LogP contribution is -2.49. The fraction of sp³-hybridized carbons (Fsp3) is 0.615. The highest BCUT2D eigenvalue weighted by Crippen LogP contribution is 2.30. The lowest BCUT2D eigenvalue weighted by molar-refractivity contribution is -0.128. The minimum atomic E-state index is -0.936. The molecule has 6 nitrogen and oxygen atoms in total. The van der Waals surface area contributed by atoms with E-state index < -0.39 is 5.41 Å². The van der Waals surface area contributed by atoms with Gasteiger partial charge in [-0.15, -0.1) is 11.3 Å². The van der Waals surface area contributed by atoms with Gasteiger partial charge in [-0.3, -0.25) is 4.79 Å². The van der Waals surface area contributed by atoms with Gasteiger partial charge in [-0.25, -0.2) is 4.98 Å². The number of hydrogen-bond acceptors (Lipinski definition) is 5. The van der Waals surface area contributed by atoms with Crippen molar-refractivity contribution in [2.45, 2.75) is 46.1 Å². The zero-order valence-electron chi connectivity index (χ0n) is 11.9. The van der Waals surface area contributed by atoms with E-state index in [9.17, 15) is 4.79 Å². The fourth-order valence-corrected chi connectivity index (χ4v) is 2.90. The summed E-state index contributed by atoms with van der Waals surface area (Å²) < 4.78 is 0. The minimum Gasteiger partial charge on any atom is -0.409 e. The molecule has 20 heavy (non-hydrogen) atoms. The van der Waals surface area contributed by atoms with Crippen molar-refractivity contribution in [2.75, 3.05) is 0 Å². The van der Waals surface area contributed by atoms with Gasteiger partial charge in [0.15, 0.2) is 5.84 Å². The van der Waals surface area contributed by atoms with E-state index in [0.29, 0.717) is 19.4 Å². The number of nitrogens with two attached hydrogens (primary N) is 1. The highest BCUT2D eigenvalue weighted by atomic mass is 32.1. The number of rotatable bonds is 8. The van der Waals surface area contributed by atoms with E-state index in [1.165, 1.54) is 11.3 Å². The lowest BCUT2D eigenvalue weighted by Gasteiger charge is -2.30. The van der Waals surface area contributed by atoms with Crippen LogP contribution in [0.25, 0.3) is 0 Å². The Kier molecular flexibility index (Phi) is 6.44. The molecule has 0 spiro atoms. The Bertz CT molecular complexity index is 439. The molecular weight excluding hydrogens is 276 g/mol. The van der Waals surface area contributed by atoms with Crippen LogP contribution in [0.3, 0.4) is 0 Å². The molecule has 0 radical (unpaired) electrons. The number of carbonyl (C=O) groups excluding carboxylic acids is 1. The number of oxime groups is 1. The predicted octanol–water partition coefficient (Wildman–Crippen LogP) is 2.09. The first kappa shape index (κ1) is 16.4. The Morgan fingerprint density at radius 2 is 2.15 bits per heavy atom. The predicted molar refractivity (Wildman–Crippen MR) is 79.6 cm³/mol. The number of nitrogens with one attached hydrogen (secondary N) is 1. The molecule has 0 saturated carbocycles. The molecule has 0 bridgehead atoms. The highest BCUT2D eigenvalue weighted by Gasteiger charge is 2.41. The van der Waals surface area contributed by atoms with Crippen LogP contribution in [-0.2, 0) is 11.3 Å². The summed E-state index contributed by atoms with van der Waals surface area (Å²) in [6, 6.07) is 0. The summed E-state index contributed by atoms with van der Waals surface area (Å²) in [5, 5.41) is 16.8. The van der Waals surface area contributed by atoms with E-state index in [2.05, 4.69) is 15.5 Å². The highest BCUT2D eigenvalue weighted by molar-refractivity contribution is 7.07. The van der Waals surface area contributed by atoms with Crippen molar-refractivity contribution in [3.63, 3.8) is 0 Å². The normalized spacial score (nSPS) is 12.4. The molecule has 0 aliphatic heterocycles. The van der Waals surface area contributed by atoms with Gasteiger partial charge in [-0.1, -0.05) is 31.8 Å². The van der Waals surface area contributed by atoms with Crippen molar-refractivity contribution >= 4 is 23.1 Å². The number of thiazole rings is 1. The summed E-state index contributed by atoms with van der Waals surface area (Å²) >= 11 is 1.48. The maximum atomic E-state index is 12.5. The van der Waals surface area contributed by atoms with Gasteiger partial charge in [0.05, 0.1) is 17.7 Å². The zero-order chi connectivity index (χ0) is 15.0. The molecule has 4 N–H and O–H groups in total. The zero-order valence-corrected chi connectivity index (χ0v) is 12.7. The maximum absolute atomic E-state index is 12.5. The third kappa shape index (κ3) is 3.69. The number of hydrogen-bond donors (Lipinski definition) is 3. The van der Waals surface area contributed by atoms with E-state index in [1.54, 1.807) is 5.51 Å². The summed E-state index contributed by atoms with van der Waals surface area (Å²) in [5.74, 6) is -0.221. The van der Waals surface area contributed by atoms with Gasteiger partial charge < -0.3 is 16.3 Å². The van der Waals surface area contributed by atoms with Crippen LogP contribution in [0.15, 0.2) is 16.0 Å². The van der Waals surface area contributed by atoms with Crippen molar-refractivity contribution in [1.29, 1.82) is 0 Å². The molecule has 7 heteroatoms. The number of amides is 1. The van der Waals surface area contributed by atoms with Crippen LogP contribution in [0, 0.1) is 5.41 Å². The molecule has 0 fully saturated rings. The summed E-state index contributed by atoms with van der Waals surface area (Å²) in [6.45, 7) is 4.31. The molecule has 1 heterocycles. The maximum Gasteiger partial charge on any atom is 0.234 e. The molecule has 1 aromatic heterocycles. The number of carbonyl (C=O) groups is 1. The first-order chi connectivity index (χ1) is 9.60. The molecule has 112 valence electrons. The second kappa shape index (κ2) is 7.84. The Morgan fingerprint density at radius 1 is 1.50 bits per heavy atom. The lowest BCUT2D eigenvalue weighted by atomic mass is 9.77. The van der Waals surface area contributed by atoms with Crippen LogP contribution in [0.4, 0.5) is 0 Å². The molecule has 1 aromatic rings. The Hall–Kier alpha value is -1.63. The molecule has 0 aromatic carbocycles. The average molecular weight is 298 g/mol. The van der Waals surface area contributed by atoms with Crippen LogP contribution in [0.2, 0.25) is 0 Å². The van der Waals surface area contributed by atoms with E-state index >= 15 is 0 Å². The monoisotopic (exact) mass is 298 g/mol. The SMILES string of the molecule is CCCC(CCC)(C(=O)NCc1cscn1)C(N)=NO. The van der Waals surface area contributed by atoms with Gasteiger partial charge in [-0.2, -0.15) is 0 Å². The van der Waals surface area contributed by atoms with Crippen molar-refractivity contribution in [2.24, 2.45) is 16.3 Å². The Balaban J connectivity index is 2.87.